The van der Waals surface area contributed by atoms with Gasteiger partial charge in [-0.15, -0.1) is 0 Å². The molecule has 0 N–H and O–H groups in total. The summed E-state index contributed by atoms with van der Waals surface area (Å²) in [4.78, 5) is 31.7. The first-order valence-corrected chi connectivity index (χ1v) is 14.4. The van der Waals surface area contributed by atoms with Crippen LogP contribution in [-0.4, -0.2) is 95.5 Å². The largest absolute Gasteiger partial charge is 0.353 e. The Morgan fingerprint density at radius 1 is 1.03 bits per heavy atom. The van der Waals surface area contributed by atoms with E-state index in [0.717, 1.165) is 43.1 Å². The van der Waals surface area contributed by atoms with Gasteiger partial charge in [-0.05, 0) is 43.9 Å². The number of aromatic nitrogens is 2. The van der Waals surface area contributed by atoms with Crippen LogP contribution in [0.4, 0.5) is 10.2 Å². The van der Waals surface area contributed by atoms with Gasteiger partial charge >= 0.3 is 0 Å². The van der Waals surface area contributed by atoms with Gasteiger partial charge in [0.15, 0.2) is 0 Å². The highest BCUT2D eigenvalue weighted by atomic mass is 35.5. The van der Waals surface area contributed by atoms with Crippen molar-refractivity contribution in [2.45, 2.75) is 51.2 Å². The molecular formula is C28H37Cl2FN6O. The summed E-state index contributed by atoms with van der Waals surface area (Å²) in [5.41, 5.74) is 2.35. The van der Waals surface area contributed by atoms with Gasteiger partial charge in [-0.1, -0.05) is 36.2 Å². The number of carbonyl (C=O) groups excluding carboxylic acids is 1. The maximum absolute atomic E-state index is 14.5. The van der Waals surface area contributed by atoms with Crippen LogP contribution < -0.4 is 4.90 Å². The lowest BCUT2D eigenvalue weighted by atomic mass is 9.96. The van der Waals surface area contributed by atoms with Crippen molar-refractivity contribution in [1.82, 2.24) is 24.7 Å². The van der Waals surface area contributed by atoms with Crippen LogP contribution in [-0.2, 0) is 4.79 Å². The fourth-order valence-corrected chi connectivity index (χ4v) is 6.35. The van der Waals surface area contributed by atoms with E-state index in [9.17, 15) is 9.18 Å². The third-order valence-electron chi connectivity index (χ3n) is 8.36. The molecule has 3 heterocycles. The standard InChI is InChI=1S/C28H37Cl2FN6O/c1-18(2)35-8-6-34(7-9-35)16-21(20-4-5-22(29)23(30)15-20)28(38)37-12-10-36(11-13-37)27-25-19(3)14-24(31)26(25)32-17-33-27/h4-5,15,17-19,21,24H,6-14,16H2,1-3H3/t19-,21?,24-/m1/s1. The normalized spacial score (nSPS) is 23.7. The van der Waals surface area contributed by atoms with Gasteiger partial charge in [-0.2, -0.15) is 0 Å². The Labute approximate surface area is 234 Å². The Morgan fingerprint density at radius 2 is 1.74 bits per heavy atom. The summed E-state index contributed by atoms with van der Waals surface area (Å²) in [7, 11) is 0. The third-order valence-corrected chi connectivity index (χ3v) is 9.10. The quantitative estimate of drug-likeness (QED) is 0.506. The summed E-state index contributed by atoms with van der Waals surface area (Å²) in [6.07, 6.45) is 0.894. The zero-order valence-corrected chi connectivity index (χ0v) is 23.9. The number of benzene rings is 1. The van der Waals surface area contributed by atoms with Crippen LogP contribution >= 0.6 is 23.2 Å². The van der Waals surface area contributed by atoms with E-state index >= 15 is 0 Å². The van der Waals surface area contributed by atoms with Crippen LogP contribution in [0.25, 0.3) is 0 Å². The number of anilines is 1. The van der Waals surface area contributed by atoms with Crippen molar-refractivity contribution >= 4 is 34.9 Å². The van der Waals surface area contributed by atoms with Crippen molar-refractivity contribution < 1.29 is 9.18 Å². The predicted octanol–water partition coefficient (Wildman–Crippen LogP) is 4.76. The van der Waals surface area contributed by atoms with E-state index in [1.54, 1.807) is 6.07 Å². The molecule has 0 radical (unpaired) electrons. The smallest absolute Gasteiger partial charge is 0.231 e. The molecule has 2 fully saturated rings. The van der Waals surface area contributed by atoms with Crippen molar-refractivity contribution in [3.05, 3.63) is 51.4 Å². The number of hydrogen-bond acceptors (Lipinski definition) is 6. The lowest BCUT2D eigenvalue weighted by molar-refractivity contribution is -0.133. The molecule has 2 aromatic rings. The number of piperazine rings is 2. The van der Waals surface area contributed by atoms with Gasteiger partial charge in [-0.3, -0.25) is 14.6 Å². The summed E-state index contributed by atoms with van der Waals surface area (Å²) in [5.74, 6) is 0.696. The average Bonchev–Trinajstić information content (AvgIpc) is 3.22. The molecule has 38 heavy (non-hydrogen) atoms. The van der Waals surface area contributed by atoms with Crippen LogP contribution in [0.1, 0.15) is 62.0 Å². The molecule has 0 saturated carbocycles. The maximum Gasteiger partial charge on any atom is 0.231 e. The maximum atomic E-state index is 14.5. The molecule has 10 heteroatoms. The highest BCUT2D eigenvalue weighted by molar-refractivity contribution is 6.42. The minimum atomic E-state index is -1.03. The molecule has 2 saturated heterocycles. The van der Waals surface area contributed by atoms with Crippen LogP contribution in [0.15, 0.2) is 24.5 Å². The molecule has 1 unspecified atom stereocenters. The molecule has 3 aliphatic rings. The monoisotopic (exact) mass is 562 g/mol. The molecule has 1 aliphatic carbocycles. The minimum Gasteiger partial charge on any atom is -0.353 e. The fourth-order valence-electron chi connectivity index (χ4n) is 6.05. The summed E-state index contributed by atoms with van der Waals surface area (Å²) < 4.78 is 14.5. The lowest BCUT2D eigenvalue weighted by Crippen LogP contribution is -2.53. The van der Waals surface area contributed by atoms with Crippen molar-refractivity contribution in [2.24, 2.45) is 0 Å². The highest BCUT2D eigenvalue weighted by Crippen LogP contribution is 2.44. The first kappa shape index (κ1) is 27.6. The van der Waals surface area contributed by atoms with E-state index in [4.69, 9.17) is 23.2 Å². The number of amides is 1. The zero-order chi connectivity index (χ0) is 27.0. The molecular weight excluding hydrogens is 526 g/mol. The fraction of sp³-hybridized carbons (Fsp3) is 0.607. The topological polar surface area (TPSA) is 55.8 Å². The molecule has 7 nitrogen and oxygen atoms in total. The molecule has 5 rings (SSSR count). The van der Waals surface area contributed by atoms with Gasteiger partial charge in [0, 0.05) is 70.5 Å². The second-order valence-electron chi connectivity index (χ2n) is 11.1. The SMILES string of the molecule is CC(C)N1CCN(CC(C(=O)N2CCN(c3ncnc4c3[C@H](C)C[C@H]4F)CC2)c2ccc(Cl)c(Cl)c2)CC1. The van der Waals surface area contributed by atoms with E-state index in [1.807, 2.05) is 24.0 Å². The molecule has 3 atom stereocenters. The number of halogens is 3. The Balaban J connectivity index is 1.30. The minimum absolute atomic E-state index is 0.0889. The third kappa shape index (κ3) is 5.64. The number of rotatable bonds is 6. The van der Waals surface area contributed by atoms with E-state index in [1.165, 1.54) is 6.33 Å². The molecule has 2 aliphatic heterocycles. The Kier molecular flexibility index (Phi) is 8.43. The van der Waals surface area contributed by atoms with Crippen molar-refractivity contribution in [3.8, 4) is 0 Å². The number of carbonyl (C=O) groups is 1. The zero-order valence-electron chi connectivity index (χ0n) is 22.4. The highest BCUT2D eigenvalue weighted by Gasteiger charge is 2.36. The number of fused-ring (bicyclic) bond motifs is 1. The van der Waals surface area contributed by atoms with Gasteiger partial charge < -0.3 is 9.80 Å². The van der Waals surface area contributed by atoms with Crippen LogP contribution in [0.5, 0.6) is 0 Å². The van der Waals surface area contributed by atoms with Crippen molar-refractivity contribution in [2.75, 3.05) is 63.8 Å². The van der Waals surface area contributed by atoms with Crippen LogP contribution in [0.3, 0.4) is 0 Å². The van der Waals surface area contributed by atoms with Crippen molar-refractivity contribution in [1.29, 1.82) is 0 Å². The van der Waals surface area contributed by atoms with E-state index in [2.05, 4.69) is 38.5 Å². The number of hydrogen-bond donors (Lipinski definition) is 0. The van der Waals surface area contributed by atoms with Gasteiger partial charge in [0.1, 0.15) is 18.3 Å². The number of alkyl halides is 1. The molecule has 0 spiro atoms. The van der Waals surface area contributed by atoms with Gasteiger partial charge in [-0.25, -0.2) is 14.4 Å². The van der Waals surface area contributed by atoms with Gasteiger partial charge in [0.2, 0.25) is 5.91 Å². The lowest BCUT2D eigenvalue weighted by Gasteiger charge is -2.40. The van der Waals surface area contributed by atoms with Gasteiger partial charge in [0.05, 0.1) is 21.7 Å². The predicted molar refractivity (Wildman–Crippen MR) is 150 cm³/mol. The molecule has 206 valence electrons. The summed E-state index contributed by atoms with van der Waals surface area (Å²) in [5, 5.41) is 0.956. The van der Waals surface area contributed by atoms with Crippen LogP contribution in [0.2, 0.25) is 10.0 Å². The van der Waals surface area contributed by atoms with Crippen LogP contribution in [0, 0.1) is 0 Å². The summed E-state index contributed by atoms with van der Waals surface area (Å²) in [6, 6.07) is 6.07. The molecule has 1 amide bonds. The Hall–Kier alpha value is -2.00. The molecule has 1 aromatic carbocycles. The number of nitrogens with zero attached hydrogens (tertiary/aromatic N) is 6. The van der Waals surface area contributed by atoms with Gasteiger partial charge in [0.25, 0.3) is 0 Å². The first-order chi connectivity index (χ1) is 18.2. The van der Waals surface area contributed by atoms with E-state index < -0.39 is 6.17 Å². The van der Waals surface area contributed by atoms with E-state index in [-0.39, 0.29) is 17.7 Å². The first-order valence-electron chi connectivity index (χ1n) is 13.7. The van der Waals surface area contributed by atoms with Crippen molar-refractivity contribution in [3.63, 3.8) is 0 Å². The summed E-state index contributed by atoms with van der Waals surface area (Å²) in [6.45, 7) is 13.5. The Bertz CT molecular complexity index is 1150. The molecule has 0 bridgehead atoms. The average molecular weight is 564 g/mol. The van der Waals surface area contributed by atoms with E-state index in [0.29, 0.717) is 60.9 Å². The Morgan fingerprint density at radius 3 is 2.39 bits per heavy atom. The second kappa shape index (κ2) is 11.6. The molecule has 1 aromatic heterocycles. The summed E-state index contributed by atoms with van der Waals surface area (Å²) >= 11 is 12.6. The second-order valence-corrected chi connectivity index (χ2v) is 11.9.